The lowest BCUT2D eigenvalue weighted by atomic mass is 10.3. The van der Waals surface area contributed by atoms with Crippen LogP contribution in [0.4, 0.5) is 5.69 Å². The van der Waals surface area contributed by atoms with Crippen molar-refractivity contribution in [3.8, 4) is 0 Å². The number of nitrogens with one attached hydrogen (secondary N) is 2. The third-order valence-corrected chi connectivity index (χ3v) is 3.56. The van der Waals surface area contributed by atoms with E-state index in [4.69, 9.17) is 4.74 Å². The van der Waals surface area contributed by atoms with E-state index in [2.05, 4.69) is 10.0 Å². The zero-order valence-electron chi connectivity index (χ0n) is 9.36. The molecule has 5 nitrogen and oxygen atoms in total. The van der Waals surface area contributed by atoms with E-state index in [1.54, 1.807) is 31.3 Å². The zero-order chi connectivity index (χ0) is 12.0. The van der Waals surface area contributed by atoms with Gasteiger partial charge in [0.05, 0.1) is 12.3 Å². The van der Waals surface area contributed by atoms with Crippen LogP contribution in [-0.4, -0.2) is 35.7 Å². The van der Waals surface area contributed by atoms with E-state index < -0.39 is 10.0 Å². The van der Waals surface area contributed by atoms with Crippen molar-refractivity contribution in [2.45, 2.75) is 4.90 Å². The number of para-hydroxylation sites is 1. The van der Waals surface area contributed by atoms with Gasteiger partial charge in [-0.15, -0.1) is 0 Å². The molecule has 1 aromatic carbocycles. The van der Waals surface area contributed by atoms with Crippen molar-refractivity contribution in [1.29, 1.82) is 0 Å². The quantitative estimate of drug-likeness (QED) is 0.721. The van der Waals surface area contributed by atoms with Crippen LogP contribution in [0.3, 0.4) is 0 Å². The molecule has 0 aliphatic heterocycles. The molecule has 0 amide bonds. The topological polar surface area (TPSA) is 67.4 Å². The molecule has 0 aliphatic rings. The number of rotatable bonds is 6. The second-order valence-corrected chi connectivity index (χ2v) is 4.87. The molecule has 0 spiro atoms. The van der Waals surface area contributed by atoms with Gasteiger partial charge in [-0.2, -0.15) is 0 Å². The molecular weight excluding hydrogens is 228 g/mol. The van der Waals surface area contributed by atoms with Gasteiger partial charge >= 0.3 is 0 Å². The molecule has 0 aliphatic carbocycles. The van der Waals surface area contributed by atoms with Crippen molar-refractivity contribution in [2.24, 2.45) is 0 Å². The lowest BCUT2D eigenvalue weighted by molar-refractivity contribution is 0.204. The summed E-state index contributed by atoms with van der Waals surface area (Å²) >= 11 is 0. The maximum atomic E-state index is 11.9. The number of sulfonamides is 1. The van der Waals surface area contributed by atoms with Gasteiger partial charge in [-0.3, -0.25) is 0 Å². The lowest BCUT2D eigenvalue weighted by Gasteiger charge is -2.10. The Morgan fingerprint density at radius 1 is 1.31 bits per heavy atom. The lowest BCUT2D eigenvalue weighted by Crippen LogP contribution is -2.27. The van der Waals surface area contributed by atoms with Crippen LogP contribution in [-0.2, 0) is 14.8 Å². The first-order valence-corrected chi connectivity index (χ1v) is 6.35. The van der Waals surface area contributed by atoms with Crippen LogP contribution in [0.25, 0.3) is 0 Å². The summed E-state index contributed by atoms with van der Waals surface area (Å²) in [6.45, 7) is 0.609. The zero-order valence-corrected chi connectivity index (χ0v) is 10.2. The average molecular weight is 244 g/mol. The summed E-state index contributed by atoms with van der Waals surface area (Å²) in [7, 11) is -0.260. The highest BCUT2D eigenvalue weighted by atomic mass is 32.2. The number of hydrogen-bond donors (Lipinski definition) is 2. The van der Waals surface area contributed by atoms with E-state index in [-0.39, 0.29) is 11.4 Å². The summed E-state index contributed by atoms with van der Waals surface area (Å²) in [5, 5.41) is 2.84. The van der Waals surface area contributed by atoms with E-state index in [0.29, 0.717) is 12.3 Å². The molecule has 0 aromatic heterocycles. The highest BCUT2D eigenvalue weighted by Crippen LogP contribution is 2.19. The number of benzene rings is 1. The molecule has 0 radical (unpaired) electrons. The van der Waals surface area contributed by atoms with E-state index >= 15 is 0 Å². The van der Waals surface area contributed by atoms with Crippen LogP contribution in [0.5, 0.6) is 0 Å². The summed E-state index contributed by atoms with van der Waals surface area (Å²) in [5.41, 5.74) is 0.576. The normalized spacial score (nSPS) is 11.4. The van der Waals surface area contributed by atoms with Gasteiger partial charge < -0.3 is 10.1 Å². The number of ether oxygens (including phenoxy) is 1. The first-order chi connectivity index (χ1) is 7.61. The van der Waals surface area contributed by atoms with Gasteiger partial charge in [0.2, 0.25) is 10.0 Å². The molecule has 0 saturated heterocycles. The summed E-state index contributed by atoms with van der Waals surface area (Å²) in [4.78, 5) is 0.244. The van der Waals surface area contributed by atoms with Crippen LogP contribution in [0.1, 0.15) is 0 Å². The van der Waals surface area contributed by atoms with Crippen LogP contribution < -0.4 is 10.0 Å². The third-order valence-electron chi connectivity index (χ3n) is 2.04. The van der Waals surface area contributed by atoms with Gasteiger partial charge in [-0.05, 0) is 12.1 Å². The summed E-state index contributed by atoms with van der Waals surface area (Å²) < 4.78 is 31.0. The Labute approximate surface area is 95.9 Å². The third kappa shape index (κ3) is 3.19. The summed E-state index contributed by atoms with van der Waals surface area (Å²) in [6, 6.07) is 6.73. The molecule has 0 fully saturated rings. The maximum absolute atomic E-state index is 11.9. The smallest absolute Gasteiger partial charge is 0.242 e. The summed E-state index contributed by atoms with van der Waals surface area (Å²) in [5.74, 6) is 0. The van der Waals surface area contributed by atoms with Gasteiger partial charge in [-0.25, -0.2) is 13.1 Å². The first kappa shape index (κ1) is 13.0. The van der Waals surface area contributed by atoms with Gasteiger partial charge in [0.15, 0.2) is 0 Å². The van der Waals surface area contributed by atoms with Crippen LogP contribution in [0.2, 0.25) is 0 Å². The minimum Gasteiger partial charge on any atom is -0.387 e. The molecule has 1 rings (SSSR count). The van der Waals surface area contributed by atoms with Crippen molar-refractivity contribution in [2.75, 3.05) is 32.6 Å². The highest BCUT2D eigenvalue weighted by molar-refractivity contribution is 7.89. The van der Waals surface area contributed by atoms with E-state index in [0.717, 1.165) is 0 Å². The van der Waals surface area contributed by atoms with E-state index in [1.165, 1.54) is 7.11 Å². The van der Waals surface area contributed by atoms with Gasteiger partial charge in [0.25, 0.3) is 0 Å². The molecule has 2 N–H and O–H groups in total. The van der Waals surface area contributed by atoms with Gasteiger partial charge in [0, 0.05) is 20.7 Å². The van der Waals surface area contributed by atoms with Crippen molar-refractivity contribution < 1.29 is 13.2 Å². The molecule has 0 heterocycles. The van der Waals surface area contributed by atoms with Crippen molar-refractivity contribution in [3.05, 3.63) is 24.3 Å². The Balaban J connectivity index is 2.89. The molecular formula is C10H16N2O3S. The minimum absolute atomic E-state index is 0.244. The first-order valence-electron chi connectivity index (χ1n) is 4.87. The molecule has 1 aromatic rings. The van der Waals surface area contributed by atoms with Crippen molar-refractivity contribution >= 4 is 15.7 Å². The molecule has 0 atom stereocenters. The molecule has 0 bridgehead atoms. The number of anilines is 1. The predicted molar refractivity (Wildman–Crippen MR) is 63.1 cm³/mol. The minimum atomic E-state index is -3.47. The SMILES string of the molecule is CNc1ccccc1S(=O)(=O)NCCOC. The Kier molecular flexibility index (Phi) is 4.72. The van der Waals surface area contributed by atoms with Gasteiger partial charge in [-0.1, -0.05) is 12.1 Å². The molecule has 6 heteroatoms. The highest BCUT2D eigenvalue weighted by Gasteiger charge is 2.16. The Morgan fingerprint density at radius 3 is 2.62 bits per heavy atom. The van der Waals surface area contributed by atoms with E-state index in [1.807, 2.05) is 0 Å². The largest absolute Gasteiger partial charge is 0.387 e. The van der Waals surface area contributed by atoms with Crippen LogP contribution in [0, 0.1) is 0 Å². The van der Waals surface area contributed by atoms with E-state index in [9.17, 15) is 8.42 Å². The summed E-state index contributed by atoms with van der Waals surface area (Å²) in [6.07, 6.45) is 0. The Hall–Kier alpha value is -1.11. The fourth-order valence-corrected chi connectivity index (χ4v) is 2.49. The average Bonchev–Trinajstić information content (AvgIpc) is 2.29. The van der Waals surface area contributed by atoms with Gasteiger partial charge in [0.1, 0.15) is 4.90 Å². The predicted octanol–water partition coefficient (Wildman–Crippen LogP) is 0.653. The molecule has 0 unspecified atom stereocenters. The Bertz CT molecular complexity index is 431. The fourth-order valence-electron chi connectivity index (χ4n) is 1.26. The Morgan fingerprint density at radius 2 is 2.00 bits per heavy atom. The second-order valence-electron chi connectivity index (χ2n) is 3.14. The monoisotopic (exact) mass is 244 g/mol. The molecule has 0 saturated carbocycles. The van der Waals surface area contributed by atoms with Crippen molar-refractivity contribution in [1.82, 2.24) is 4.72 Å². The van der Waals surface area contributed by atoms with Crippen molar-refractivity contribution in [3.63, 3.8) is 0 Å². The number of hydrogen-bond acceptors (Lipinski definition) is 4. The van der Waals surface area contributed by atoms with Crippen LogP contribution >= 0.6 is 0 Å². The van der Waals surface area contributed by atoms with Crippen LogP contribution in [0.15, 0.2) is 29.2 Å². The number of methoxy groups -OCH3 is 1. The fraction of sp³-hybridized carbons (Fsp3) is 0.400. The standard InChI is InChI=1S/C10H16N2O3S/c1-11-9-5-3-4-6-10(9)16(13,14)12-7-8-15-2/h3-6,11-12H,7-8H2,1-2H3. The molecule has 16 heavy (non-hydrogen) atoms. The maximum Gasteiger partial charge on any atom is 0.242 e. The second kappa shape index (κ2) is 5.83. The molecule has 90 valence electrons.